The lowest BCUT2D eigenvalue weighted by molar-refractivity contribution is -0.0221. The van der Waals surface area contributed by atoms with Crippen molar-refractivity contribution in [1.29, 1.82) is 0 Å². The first-order chi connectivity index (χ1) is 13.4. The Bertz CT molecular complexity index is 995. The first-order valence-electron chi connectivity index (χ1n) is 8.83. The van der Waals surface area contributed by atoms with Crippen LogP contribution in [0.25, 0.3) is 10.9 Å². The summed E-state index contributed by atoms with van der Waals surface area (Å²) in [6.07, 6.45) is 2.85. The molecule has 0 atom stereocenters. The van der Waals surface area contributed by atoms with Gasteiger partial charge in [-0.25, -0.2) is 18.6 Å². The SMILES string of the molecule is O=C(Nc1ccc(N2CCC(F)(F)CC2)nc1)Nc1c[nH]c2ccc(Cl)cc12. The Hall–Kier alpha value is -2.87. The fourth-order valence-corrected chi connectivity index (χ4v) is 3.36. The highest BCUT2D eigenvalue weighted by Crippen LogP contribution is 2.30. The van der Waals surface area contributed by atoms with Crippen LogP contribution < -0.4 is 15.5 Å². The highest BCUT2D eigenvalue weighted by Gasteiger charge is 2.34. The molecule has 2 amide bonds. The van der Waals surface area contributed by atoms with Gasteiger partial charge in [-0.3, -0.25) is 0 Å². The highest BCUT2D eigenvalue weighted by molar-refractivity contribution is 6.31. The molecule has 2 aromatic heterocycles. The standard InChI is InChI=1S/C19H18ClF2N5O/c20-12-1-3-15-14(9-12)16(11-23-15)26-18(28)25-13-2-4-17(24-10-13)27-7-5-19(21,22)6-8-27/h1-4,9-11,23H,5-8H2,(H2,25,26,28). The van der Waals surface area contributed by atoms with Crippen molar-refractivity contribution in [3.63, 3.8) is 0 Å². The highest BCUT2D eigenvalue weighted by atomic mass is 35.5. The van der Waals surface area contributed by atoms with Gasteiger partial charge in [-0.1, -0.05) is 11.6 Å². The van der Waals surface area contributed by atoms with Crippen LogP contribution in [-0.2, 0) is 0 Å². The van der Waals surface area contributed by atoms with E-state index in [2.05, 4.69) is 20.6 Å². The van der Waals surface area contributed by atoms with Gasteiger partial charge in [0.15, 0.2) is 0 Å². The molecule has 0 radical (unpaired) electrons. The van der Waals surface area contributed by atoms with Gasteiger partial charge >= 0.3 is 6.03 Å². The van der Waals surface area contributed by atoms with Crippen LogP contribution in [0.4, 0.5) is 30.8 Å². The number of alkyl halides is 2. The van der Waals surface area contributed by atoms with E-state index >= 15 is 0 Å². The van der Waals surface area contributed by atoms with Crippen LogP contribution in [0, 0.1) is 0 Å². The number of aromatic nitrogens is 2. The van der Waals surface area contributed by atoms with E-state index < -0.39 is 12.0 Å². The van der Waals surface area contributed by atoms with E-state index in [0.29, 0.717) is 22.2 Å². The van der Waals surface area contributed by atoms with Gasteiger partial charge in [0.05, 0.1) is 17.6 Å². The molecule has 0 unspecified atom stereocenters. The number of piperidine rings is 1. The Morgan fingerprint density at radius 3 is 2.68 bits per heavy atom. The normalized spacial score (nSPS) is 16.2. The van der Waals surface area contributed by atoms with E-state index in [1.807, 2.05) is 11.0 Å². The van der Waals surface area contributed by atoms with E-state index in [4.69, 9.17) is 11.6 Å². The lowest BCUT2D eigenvalue weighted by Crippen LogP contribution is -2.39. The average Bonchev–Trinajstić information content (AvgIpc) is 3.04. The number of aromatic amines is 1. The summed E-state index contributed by atoms with van der Waals surface area (Å²) in [5.41, 5.74) is 1.97. The predicted molar refractivity (Wildman–Crippen MR) is 107 cm³/mol. The summed E-state index contributed by atoms with van der Waals surface area (Å²) >= 11 is 6.01. The van der Waals surface area contributed by atoms with Crippen LogP contribution in [0.2, 0.25) is 5.02 Å². The second-order valence-corrected chi connectivity index (χ2v) is 7.16. The quantitative estimate of drug-likeness (QED) is 0.568. The Balaban J connectivity index is 1.39. The van der Waals surface area contributed by atoms with Crippen LogP contribution in [0.15, 0.2) is 42.7 Å². The molecule has 3 N–H and O–H groups in total. The number of H-pyrrole nitrogens is 1. The summed E-state index contributed by atoms with van der Waals surface area (Å²) in [5, 5.41) is 6.85. The molecule has 146 valence electrons. The molecule has 9 heteroatoms. The summed E-state index contributed by atoms with van der Waals surface area (Å²) in [4.78, 5) is 21.4. The zero-order valence-corrected chi connectivity index (χ0v) is 15.6. The maximum atomic E-state index is 13.3. The summed E-state index contributed by atoms with van der Waals surface area (Å²) in [6.45, 7) is 0.521. The average molecular weight is 406 g/mol. The third-order valence-corrected chi connectivity index (χ3v) is 4.95. The number of pyridine rings is 1. The maximum Gasteiger partial charge on any atom is 0.323 e. The Morgan fingerprint density at radius 2 is 1.96 bits per heavy atom. The second-order valence-electron chi connectivity index (χ2n) is 6.72. The van der Waals surface area contributed by atoms with Crippen LogP contribution in [0.1, 0.15) is 12.8 Å². The topological polar surface area (TPSA) is 73.1 Å². The third-order valence-electron chi connectivity index (χ3n) is 4.72. The van der Waals surface area contributed by atoms with Gasteiger partial charge in [0.1, 0.15) is 5.82 Å². The maximum absolute atomic E-state index is 13.3. The number of hydrogen-bond donors (Lipinski definition) is 3. The number of nitrogens with one attached hydrogen (secondary N) is 3. The number of carbonyl (C=O) groups excluding carboxylic acids is 1. The van der Waals surface area contributed by atoms with E-state index in [-0.39, 0.29) is 25.9 Å². The van der Waals surface area contributed by atoms with Gasteiger partial charge in [-0.2, -0.15) is 0 Å². The smallest absolute Gasteiger partial charge is 0.323 e. The summed E-state index contributed by atoms with van der Waals surface area (Å²) in [7, 11) is 0. The fourth-order valence-electron chi connectivity index (χ4n) is 3.19. The van der Waals surface area contributed by atoms with Gasteiger partial charge in [-0.05, 0) is 30.3 Å². The van der Waals surface area contributed by atoms with Crippen molar-refractivity contribution in [1.82, 2.24) is 9.97 Å². The van der Waals surface area contributed by atoms with Gasteiger partial charge < -0.3 is 20.5 Å². The van der Waals surface area contributed by atoms with E-state index in [1.165, 1.54) is 6.20 Å². The molecule has 4 rings (SSSR count). The minimum Gasteiger partial charge on any atom is -0.359 e. The molecule has 1 aliphatic rings. The number of anilines is 3. The number of urea groups is 1. The number of carbonyl (C=O) groups is 1. The molecule has 0 aliphatic carbocycles. The van der Waals surface area contributed by atoms with E-state index in [9.17, 15) is 13.6 Å². The molecular weight excluding hydrogens is 388 g/mol. The number of benzene rings is 1. The summed E-state index contributed by atoms with van der Waals surface area (Å²) in [5.74, 6) is -1.98. The molecule has 1 aromatic carbocycles. The van der Waals surface area contributed by atoms with Crippen molar-refractivity contribution in [2.45, 2.75) is 18.8 Å². The van der Waals surface area contributed by atoms with Crippen molar-refractivity contribution < 1.29 is 13.6 Å². The first kappa shape index (κ1) is 18.5. The second kappa shape index (κ2) is 7.27. The Kier molecular flexibility index (Phi) is 4.80. The molecule has 1 saturated heterocycles. The number of nitrogens with zero attached hydrogens (tertiary/aromatic N) is 2. The van der Waals surface area contributed by atoms with Crippen molar-refractivity contribution in [2.75, 3.05) is 28.6 Å². The van der Waals surface area contributed by atoms with E-state index in [0.717, 1.165) is 10.9 Å². The minimum absolute atomic E-state index is 0.175. The lowest BCUT2D eigenvalue weighted by atomic mass is 10.1. The molecule has 28 heavy (non-hydrogen) atoms. The molecule has 1 fully saturated rings. The largest absolute Gasteiger partial charge is 0.359 e. The molecule has 1 aliphatic heterocycles. The zero-order valence-electron chi connectivity index (χ0n) is 14.8. The van der Waals surface area contributed by atoms with Crippen molar-refractivity contribution in [3.05, 3.63) is 47.7 Å². The number of halogens is 3. The van der Waals surface area contributed by atoms with Crippen LogP contribution in [0.3, 0.4) is 0 Å². The molecule has 3 heterocycles. The molecule has 0 spiro atoms. The third kappa shape index (κ3) is 4.01. The molecular formula is C19H18ClF2N5O. The van der Waals surface area contributed by atoms with Gasteiger partial charge in [0, 0.05) is 48.1 Å². The molecule has 0 saturated carbocycles. The number of fused-ring (bicyclic) bond motifs is 1. The van der Waals surface area contributed by atoms with Crippen molar-refractivity contribution in [3.8, 4) is 0 Å². The van der Waals surface area contributed by atoms with Crippen molar-refractivity contribution in [2.24, 2.45) is 0 Å². The molecule has 3 aromatic rings. The van der Waals surface area contributed by atoms with E-state index in [1.54, 1.807) is 30.5 Å². The van der Waals surface area contributed by atoms with Crippen molar-refractivity contribution >= 4 is 45.7 Å². The van der Waals surface area contributed by atoms with Crippen LogP contribution in [0.5, 0.6) is 0 Å². The van der Waals surface area contributed by atoms with Crippen LogP contribution in [-0.4, -0.2) is 35.0 Å². The molecule has 6 nitrogen and oxygen atoms in total. The summed E-state index contributed by atoms with van der Waals surface area (Å²) < 4.78 is 26.5. The van der Waals surface area contributed by atoms with Gasteiger partial charge in [0.25, 0.3) is 5.92 Å². The Morgan fingerprint density at radius 1 is 1.18 bits per heavy atom. The van der Waals surface area contributed by atoms with Gasteiger partial charge in [-0.15, -0.1) is 0 Å². The summed E-state index contributed by atoms with van der Waals surface area (Å²) in [6, 6.07) is 8.35. The zero-order chi connectivity index (χ0) is 19.7. The molecule has 0 bridgehead atoms. The minimum atomic E-state index is -2.59. The monoisotopic (exact) mass is 405 g/mol. The lowest BCUT2D eigenvalue weighted by Gasteiger charge is -2.32. The predicted octanol–water partition coefficient (Wildman–Crippen LogP) is 5.10. The van der Waals surface area contributed by atoms with Gasteiger partial charge in [0.2, 0.25) is 0 Å². The fraction of sp³-hybridized carbons (Fsp3) is 0.263. The Labute approximate surface area is 164 Å². The number of amides is 2. The number of rotatable bonds is 3. The van der Waals surface area contributed by atoms with Crippen LogP contribution >= 0.6 is 11.6 Å². The number of hydrogen-bond acceptors (Lipinski definition) is 3. The first-order valence-corrected chi connectivity index (χ1v) is 9.21.